The Labute approximate surface area is 435 Å². The van der Waals surface area contributed by atoms with Crippen LogP contribution in [0.3, 0.4) is 0 Å². The van der Waals surface area contributed by atoms with Crippen molar-refractivity contribution in [2.45, 2.75) is 0 Å². The molecule has 0 unspecified atom stereocenters. The monoisotopic (exact) mass is 1020 g/mol. The van der Waals surface area contributed by atoms with Crippen molar-refractivity contribution in [2.24, 2.45) is 0 Å². The summed E-state index contributed by atoms with van der Waals surface area (Å²) in [5, 5.41) is 21.8. The molecule has 17 rings (SSSR count). The second-order valence-electron chi connectivity index (χ2n) is 20.1. The van der Waals surface area contributed by atoms with Gasteiger partial charge in [-0.2, -0.15) is 0 Å². The fourth-order valence-electron chi connectivity index (χ4n) is 13.0. The van der Waals surface area contributed by atoms with E-state index in [1.54, 1.807) is 0 Å². The molecule has 0 atom stereocenters. The van der Waals surface area contributed by atoms with E-state index < -0.39 is 0 Å². The number of benzene rings is 14. The summed E-state index contributed by atoms with van der Waals surface area (Å²) in [4.78, 5) is 0. The predicted octanol–water partition coefficient (Wildman–Crippen LogP) is 20.4. The molecule has 3 aromatic heterocycles. The first-order chi connectivity index (χ1) is 37.2. The smallest absolute Gasteiger partial charge is 0.455 e. The van der Waals surface area contributed by atoms with Crippen molar-refractivity contribution in [1.29, 1.82) is 0 Å². The first-order valence-electron chi connectivity index (χ1n) is 25.7. The molecular formula is C72H40O2Se. The molecule has 0 aliphatic carbocycles. The van der Waals surface area contributed by atoms with Gasteiger partial charge in [0, 0.05) is 10.8 Å². The van der Waals surface area contributed by atoms with Crippen molar-refractivity contribution in [2.75, 3.05) is 0 Å². The fraction of sp³-hybridized carbons (Fsp3) is 0. The molecule has 0 fully saturated rings. The van der Waals surface area contributed by atoms with Gasteiger partial charge in [0.05, 0.1) is 0 Å². The Morgan fingerprint density at radius 1 is 0.240 bits per heavy atom. The Balaban J connectivity index is 0.872. The Morgan fingerprint density at radius 2 is 0.627 bits per heavy atom. The topological polar surface area (TPSA) is 26.3 Å². The molecule has 346 valence electrons. The molecule has 75 heavy (non-hydrogen) atoms. The third-order valence-corrected chi connectivity index (χ3v) is 18.6. The van der Waals surface area contributed by atoms with Crippen LogP contribution in [-0.2, 0) is 0 Å². The van der Waals surface area contributed by atoms with E-state index >= 15 is 0 Å². The third kappa shape index (κ3) is 5.91. The van der Waals surface area contributed by atoms with Gasteiger partial charge < -0.3 is 4.42 Å². The van der Waals surface area contributed by atoms with Crippen LogP contribution in [0.5, 0.6) is 0 Å². The quantitative estimate of drug-likeness (QED) is 0.130. The molecule has 17 aromatic rings. The van der Waals surface area contributed by atoms with E-state index in [0.717, 1.165) is 54.6 Å². The Bertz CT molecular complexity index is 5200. The zero-order valence-electron chi connectivity index (χ0n) is 40.3. The van der Waals surface area contributed by atoms with Crippen LogP contribution in [0.4, 0.5) is 0 Å². The van der Waals surface area contributed by atoms with Gasteiger partial charge in [0.15, 0.2) is 0 Å². The first kappa shape index (κ1) is 41.3. The molecule has 0 aliphatic rings. The van der Waals surface area contributed by atoms with Gasteiger partial charge in [-0.15, -0.1) is 0 Å². The molecule has 0 N–H and O–H groups in total. The van der Waals surface area contributed by atoms with Crippen molar-refractivity contribution < 1.29 is 8.83 Å². The summed E-state index contributed by atoms with van der Waals surface area (Å²) < 4.78 is 16.1. The van der Waals surface area contributed by atoms with Gasteiger partial charge >= 0.3 is 340 Å². The predicted molar refractivity (Wildman–Crippen MR) is 320 cm³/mol. The van der Waals surface area contributed by atoms with E-state index in [9.17, 15) is 0 Å². The minimum Gasteiger partial charge on any atom is -0.455 e. The molecule has 0 saturated heterocycles. The van der Waals surface area contributed by atoms with E-state index in [-0.39, 0.29) is 14.5 Å². The number of hydrogen-bond donors (Lipinski definition) is 0. The summed E-state index contributed by atoms with van der Waals surface area (Å²) in [6.07, 6.45) is 0. The van der Waals surface area contributed by atoms with Crippen LogP contribution >= 0.6 is 0 Å². The maximum absolute atomic E-state index is 6.61. The molecule has 0 radical (unpaired) electrons. The molecule has 3 heterocycles. The molecule has 0 aliphatic heterocycles. The number of rotatable bonds is 4. The van der Waals surface area contributed by atoms with Crippen molar-refractivity contribution in [1.82, 2.24) is 0 Å². The summed E-state index contributed by atoms with van der Waals surface area (Å²) >= 11 is 0.148. The molecule has 14 aromatic carbocycles. The first-order valence-corrected chi connectivity index (χ1v) is 27.4. The zero-order chi connectivity index (χ0) is 48.9. The van der Waals surface area contributed by atoms with Gasteiger partial charge in [0.1, 0.15) is 5.58 Å². The molecule has 0 spiro atoms. The zero-order valence-corrected chi connectivity index (χ0v) is 42.0. The van der Waals surface area contributed by atoms with Crippen LogP contribution < -0.4 is 0 Å². The Kier molecular flexibility index (Phi) is 8.60. The van der Waals surface area contributed by atoms with Crippen LogP contribution in [0.1, 0.15) is 0 Å². The van der Waals surface area contributed by atoms with Crippen LogP contribution in [-0.4, -0.2) is 14.5 Å². The molecule has 0 saturated carbocycles. The van der Waals surface area contributed by atoms with Crippen molar-refractivity contribution >= 4 is 142 Å². The summed E-state index contributed by atoms with van der Waals surface area (Å²) in [5.41, 5.74) is 13.6. The maximum atomic E-state index is 6.61. The van der Waals surface area contributed by atoms with Crippen molar-refractivity contribution in [3.05, 3.63) is 243 Å². The van der Waals surface area contributed by atoms with E-state index in [0.29, 0.717) is 0 Å². The molecular weight excluding hydrogens is 976 g/mol. The third-order valence-electron chi connectivity index (χ3n) is 16.2. The normalized spacial score (nSPS) is 12.3. The summed E-state index contributed by atoms with van der Waals surface area (Å²) in [5.74, 6) is 0. The van der Waals surface area contributed by atoms with Crippen LogP contribution in [0, 0.1) is 0 Å². The van der Waals surface area contributed by atoms with E-state index in [1.807, 2.05) is 0 Å². The fourth-order valence-corrected chi connectivity index (χ4v) is 15.3. The van der Waals surface area contributed by atoms with Gasteiger partial charge in [-0.25, -0.2) is 0 Å². The Morgan fingerprint density at radius 3 is 1.08 bits per heavy atom. The second-order valence-corrected chi connectivity index (χ2v) is 22.4. The van der Waals surface area contributed by atoms with Crippen LogP contribution in [0.15, 0.2) is 251 Å². The minimum atomic E-state index is 0.148. The van der Waals surface area contributed by atoms with Gasteiger partial charge in [-0.3, -0.25) is 0 Å². The number of furan rings is 2. The van der Waals surface area contributed by atoms with Gasteiger partial charge in [-0.1, -0.05) is 60.7 Å². The van der Waals surface area contributed by atoms with Gasteiger partial charge in [0.2, 0.25) is 0 Å². The second kappa shape index (κ2) is 15.6. The standard InChI is InChI=1S/C72H40O2Se/c1-3-16-46-41(14-1)28-33-56-59-38-43(30-35-62(59)73-71(46)56)66-48-18-5-7-20-50(48)68(51-21-8-6-19-49(51)66)45-32-37-64-61(40-45)70-58(26-13-27-65(70)75-64)69-54-24-11-9-22-52(54)67(53-23-10-12-25-55(53)69)44-31-36-63-60(39-44)57-34-29-42-15-2-4-17-47(42)72(57)74-63/h1-40H. The number of hydrogen-bond acceptors (Lipinski definition) is 2. The van der Waals surface area contributed by atoms with Crippen LogP contribution in [0.2, 0.25) is 0 Å². The van der Waals surface area contributed by atoms with Gasteiger partial charge in [-0.05, 0) is 16.8 Å². The SMILES string of the molecule is c1ccc2c(c1)ccc1c3cc(-c4c5ccccc5c(-c5ccc6[se]c7cccc(-c8c9ccccc9c(-c9ccc%10oc%11c%12ccccc%12ccc%11c%10c9)c9ccccc89)c7c6c5)c5ccccc45)ccc3oc21. The molecule has 0 amide bonds. The average Bonchev–Trinajstić information content (AvgIpc) is 4.21. The van der Waals surface area contributed by atoms with E-state index in [4.69, 9.17) is 8.83 Å². The minimum absolute atomic E-state index is 0.148. The van der Waals surface area contributed by atoms with E-state index in [1.165, 1.54) is 118 Å². The average molecular weight is 1020 g/mol. The molecule has 3 heteroatoms. The van der Waals surface area contributed by atoms with E-state index in [2.05, 4.69) is 243 Å². The molecule has 2 nitrogen and oxygen atoms in total. The van der Waals surface area contributed by atoms with Crippen LogP contribution in [0.25, 0.3) is 172 Å². The van der Waals surface area contributed by atoms with Crippen molar-refractivity contribution in [3.8, 4) is 44.5 Å². The Hall–Kier alpha value is -9.24. The summed E-state index contributed by atoms with van der Waals surface area (Å²) in [7, 11) is 0. The summed E-state index contributed by atoms with van der Waals surface area (Å²) in [6.45, 7) is 0. The van der Waals surface area contributed by atoms with Gasteiger partial charge in [0.25, 0.3) is 0 Å². The number of fused-ring (bicyclic) bond motifs is 17. The molecule has 0 bridgehead atoms. The van der Waals surface area contributed by atoms with Crippen molar-refractivity contribution in [3.63, 3.8) is 0 Å². The summed E-state index contributed by atoms with van der Waals surface area (Å²) in [6, 6.07) is 89.9.